The van der Waals surface area contributed by atoms with Gasteiger partial charge in [-0.25, -0.2) is 0 Å². The second kappa shape index (κ2) is 5.01. The van der Waals surface area contributed by atoms with Gasteiger partial charge in [-0.15, -0.1) is 0 Å². The van der Waals surface area contributed by atoms with E-state index < -0.39 is 0 Å². The highest BCUT2D eigenvalue weighted by Gasteiger charge is 2.25. The number of benzene rings is 1. The van der Waals surface area contributed by atoms with Gasteiger partial charge in [0, 0.05) is 12.1 Å². The van der Waals surface area contributed by atoms with E-state index in [0.717, 1.165) is 5.92 Å². The molecule has 2 atom stereocenters. The summed E-state index contributed by atoms with van der Waals surface area (Å²) in [6.45, 7) is 6.80. The molecule has 0 aliphatic heterocycles. The highest BCUT2D eigenvalue weighted by atomic mass is 14.9. The molecule has 2 unspecified atom stereocenters. The van der Waals surface area contributed by atoms with Crippen LogP contribution in [0.4, 0.5) is 0 Å². The molecule has 1 aromatic carbocycles. The molecule has 1 aliphatic rings. The SMILES string of the molecule is Cc1ccccc1C(C)NC(C)C1CCC1. The van der Waals surface area contributed by atoms with Gasteiger partial charge >= 0.3 is 0 Å². The summed E-state index contributed by atoms with van der Waals surface area (Å²) in [5, 5.41) is 3.74. The number of aryl methyl sites for hydroxylation is 1. The van der Waals surface area contributed by atoms with E-state index in [1.807, 2.05) is 0 Å². The summed E-state index contributed by atoms with van der Waals surface area (Å²) in [6.07, 6.45) is 4.25. The van der Waals surface area contributed by atoms with Gasteiger partial charge in [-0.1, -0.05) is 30.7 Å². The molecule has 1 nitrogen and oxygen atoms in total. The fourth-order valence-electron chi connectivity index (χ4n) is 2.63. The van der Waals surface area contributed by atoms with E-state index in [2.05, 4.69) is 50.4 Å². The Hall–Kier alpha value is -0.820. The normalized spacial score (nSPS) is 20.2. The van der Waals surface area contributed by atoms with Gasteiger partial charge in [-0.3, -0.25) is 0 Å². The van der Waals surface area contributed by atoms with Crippen molar-refractivity contribution >= 4 is 0 Å². The first-order valence-electron chi connectivity index (χ1n) is 6.50. The number of nitrogens with one attached hydrogen (secondary N) is 1. The third-order valence-corrected chi connectivity index (χ3v) is 4.02. The van der Waals surface area contributed by atoms with Crippen LogP contribution in [0, 0.1) is 12.8 Å². The first kappa shape index (κ1) is 11.7. The van der Waals surface area contributed by atoms with Crippen LogP contribution in [-0.4, -0.2) is 6.04 Å². The zero-order valence-corrected chi connectivity index (χ0v) is 10.7. The Morgan fingerprint density at radius 3 is 2.44 bits per heavy atom. The van der Waals surface area contributed by atoms with Crippen molar-refractivity contribution in [3.63, 3.8) is 0 Å². The molecule has 1 heteroatoms. The highest BCUT2D eigenvalue weighted by Crippen LogP contribution is 2.30. The van der Waals surface area contributed by atoms with Crippen LogP contribution < -0.4 is 5.32 Å². The van der Waals surface area contributed by atoms with Gasteiger partial charge in [-0.2, -0.15) is 0 Å². The van der Waals surface area contributed by atoms with Gasteiger partial charge in [0.25, 0.3) is 0 Å². The van der Waals surface area contributed by atoms with Crippen molar-refractivity contribution in [3.8, 4) is 0 Å². The molecule has 0 aromatic heterocycles. The lowest BCUT2D eigenvalue weighted by Gasteiger charge is -2.34. The molecule has 0 heterocycles. The van der Waals surface area contributed by atoms with Crippen molar-refractivity contribution in [2.24, 2.45) is 5.92 Å². The lowest BCUT2D eigenvalue weighted by Crippen LogP contribution is -2.38. The summed E-state index contributed by atoms with van der Waals surface area (Å²) in [4.78, 5) is 0. The summed E-state index contributed by atoms with van der Waals surface area (Å²) >= 11 is 0. The number of hydrogen-bond donors (Lipinski definition) is 1. The fourth-order valence-corrected chi connectivity index (χ4v) is 2.63. The second-order valence-corrected chi connectivity index (χ2v) is 5.22. The maximum atomic E-state index is 3.74. The summed E-state index contributed by atoms with van der Waals surface area (Å²) in [5.41, 5.74) is 2.83. The molecule has 0 radical (unpaired) electrons. The minimum atomic E-state index is 0.469. The number of rotatable bonds is 4. The van der Waals surface area contributed by atoms with E-state index in [-0.39, 0.29) is 0 Å². The smallest absolute Gasteiger partial charge is 0.0296 e. The molecule has 0 saturated heterocycles. The monoisotopic (exact) mass is 217 g/mol. The Morgan fingerprint density at radius 1 is 1.19 bits per heavy atom. The van der Waals surface area contributed by atoms with Crippen molar-refractivity contribution in [2.75, 3.05) is 0 Å². The molecule has 88 valence electrons. The van der Waals surface area contributed by atoms with E-state index >= 15 is 0 Å². The molecule has 1 fully saturated rings. The van der Waals surface area contributed by atoms with E-state index in [9.17, 15) is 0 Å². The van der Waals surface area contributed by atoms with Crippen molar-refractivity contribution in [1.29, 1.82) is 0 Å². The zero-order chi connectivity index (χ0) is 11.5. The van der Waals surface area contributed by atoms with Crippen LogP contribution >= 0.6 is 0 Å². The molecule has 2 rings (SSSR count). The fraction of sp³-hybridized carbons (Fsp3) is 0.600. The molecular formula is C15H23N. The standard InChI is InChI=1S/C15H23N/c1-11-7-4-5-10-15(11)13(3)16-12(2)14-8-6-9-14/h4-5,7,10,12-14,16H,6,8-9H2,1-3H3. The van der Waals surface area contributed by atoms with Crippen LogP contribution in [0.5, 0.6) is 0 Å². The summed E-state index contributed by atoms with van der Waals surface area (Å²) < 4.78 is 0. The average molecular weight is 217 g/mol. The second-order valence-electron chi connectivity index (χ2n) is 5.22. The van der Waals surface area contributed by atoms with Gasteiger partial charge in [0.15, 0.2) is 0 Å². The molecule has 1 saturated carbocycles. The first-order valence-corrected chi connectivity index (χ1v) is 6.50. The van der Waals surface area contributed by atoms with Crippen molar-refractivity contribution in [1.82, 2.24) is 5.32 Å². The van der Waals surface area contributed by atoms with Crippen LogP contribution in [0.3, 0.4) is 0 Å². The van der Waals surface area contributed by atoms with Crippen LogP contribution in [0.2, 0.25) is 0 Å². The van der Waals surface area contributed by atoms with Crippen molar-refractivity contribution < 1.29 is 0 Å². The highest BCUT2D eigenvalue weighted by molar-refractivity contribution is 5.28. The first-order chi connectivity index (χ1) is 7.68. The van der Waals surface area contributed by atoms with E-state index in [1.165, 1.54) is 30.4 Å². The Bertz CT molecular complexity index is 341. The predicted molar refractivity (Wildman–Crippen MR) is 69.5 cm³/mol. The minimum absolute atomic E-state index is 0.469. The largest absolute Gasteiger partial charge is 0.307 e. The molecular weight excluding hydrogens is 194 g/mol. The van der Waals surface area contributed by atoms with Crippen molar-refractivity contribution in [2.45, 2.75) is 52.1 Å². The van der Waals surface area contributed by atoms with Gasteiger partial charge in [0.1, 0.15) is 0 Å². The molecule has 0 amide bonds. The van der Waals surface area contributed by atoms with Crippen LogP contribution in [0.1, 0.15) is 50.3 Å². The maximum absolute atomic E-state index is 3.74. The quantitative estimate of drug-likeness (QED) is 0.808. The average Bonchev–Trinajstić information content (AvgIpc) is 2.15. The van der Waals surface area contributed by atoms with Crippen LogP contribution in [0.25, 0.3) is 0 Å². The van der Waals surface area contributed by atoms with Crippen molar-refractivity contribution in [3.05, 3.63) is 35.4 Å². The van der Waals surface area contributed by atoms with Crippen LogP contribution in [-0.2, 0) is 0 Å². The summed E-state index contributed by atoms with van der Waals surface area (Å²) in [6, 6.07) is 9.80. The van der Waals surface area contributed by atoms with Gasteiger partial charge in [0.05, 0.1) is 0 Å². The Morgan fingerprint density at radius 2 is 1.88 bits per heavy atom. The molecule has 16 heavy (non-hydrogen) atoms. The minimum Gasteiger partial charge on any atom is -0.307 e. The summed E-state index contributed by atoms with van der Waals surface area (Å²) in [5.74, 6) is 0.909. The lowest BCUT2D eigenvalue weighted by atomic mass is 9.80. The van der Waals surface area contributed by atoms with Gasteiger partial charge in [-0.05, 0) is 50.7 Å². The molecule has 1 N–H and O–H groups in total. The topological polar surface area (TPSA) is 12.0 Å². The van der Waals surface area contributed by atoms with Gasteiger partial charge in [0.2, 0.25) is 0 Å². The Kier molecular flexibility index (Phi) is 3.65. The van der Waals surface area contributed by atoms with E-state index in [4.69, 9.17) is 0 Å². The van der Waals surface area contributed by atoms with E-state index in [0.29, 0.717) is 12.1 Å². The van der Waals surface area contributed by atoms with E-state index in [1.54, 1.807) is 0 Å². The maximum Gasteiger partial charge on any atom is 0.0296 e. The molecule has 0 spiro atoms. The molecule has 1 aliphatic carbocycles. The van der Waals surface area contributed by atoms with Gasteiger partial charge < -0.3 is 5.32 Å². The molecule has 1 aromatic rings. The number of hydrogen-bond acceptors (Lipinski definition) is 1. The predicted octanol–water partition coefficient (Wildman–Crippen LogP) is 3.83. The third kappa shape index (κ3) is 2.46. The Labute approximate surface area is 99.3 Å². The third-order valence-electron chi connectivity index (χ3n) is 4.02. The molecule has 0 bridgehead atoms. The Balaban J connectivity index is 1.96. The van der Waals surface area contributed by atoms with Crippen LogP contribution in [0.15, 0.2) is 24.3 Å². The summed E-state index contributed by atoms with van der Waals surface area (Å²) in [7, 11) is 0. The zero-order valence-electron chi connectivity index (χ0n) is 10.7. The lowest BCUT2D eigenvalue weighted by molar-refractivity contribution is 0.229.